The Balaban J connectivity index is -0.00000157. The molecule has 3 aliphatic carbocycles. The van der Waals surface area contributed by atoms with Gasteiger partial charge in [0.2, 0.25) is 0 Å². The molecule has 4 atom stereocenters. The lowest BCUT2D eigenvalue weighted by atomic mass is 9.54. The van der Waals surface area contributed by atoms with Gasteiger partial charge in [0, 0.05) is 31.2 Å². The summed E-state index contributed by atoms with van der Waals surface area (Å²) in [6.45, 7) is 36.6. The van der Waals surface area contributed by atoms with Crippen LogP contribution in [-0.4, -0.2) is 245 Å². The lowest BCUT2D eigenvalue weighted by molar-refractivity contribution is -0.873. The van der Waals surface area contributed by atoms with Crippen LogP contribution in [0.25, 0.3) is 0 Å². The van der Waals surface area contributed by atoms with E-state index in [-0.39, 0.29) is 220 Å². The Morgan fingerprint density at radius 2 is 0.595 bits per heavy atom. The fourth-order valence-corrected chi connectivity index (χ4v) is 20.6. The van der Waals surface area contributed by atoms with Gasteiger partial charge in [-0.1, -0.05) is 188 Å². The maximum absolute atomic E-state index is 12.9. The highest BCUT2D eigenvalue weighted by molar-refractivity contribution is 5.92. The minimum atomic E-state index is -1.07. The van der Waals surface area contributed by atoms with E-state index in [2.05, 4.69) is 109 Å². The number of nitrogens with two attached hydrogens (primary N) is 1. The zero-order chi connectivity index (χ0) is 97.2. The molecule has 1 saturated heterocycles. The number of cyclic esters (lactones) is 2. The van der Waals surface area contributed by atoms with Gasteiger partial charge in [-0.3, -0.25) is 57.5 Å². The summed E-state index contributed by atoms with van der Waals surface area (Å²) in [7, 11) is 23.3. The summed E-state index contributed by atoms with van der Waals surface area (Å²) in [5, 5.41) is 27.4. The van der Waals surface area contributed by atoms with Crippen LogP contribution in [0.15, 0.2) is 91.0 Å². The van der Waals surface area contributed by atoms with E-state index in [9.17, 15) is 62.6 Å². The molecule has 4 fully saturated rings. The molecule has 3 saturated carbocycles. The van der Waals surface area contributed by atoms with Crippen molar-refractivity contribution in [2.45, 2.75) is 301 Å². The molecule has 1 aliphatic heterocycles. The SMILES string of the molecule is CC1(C)CC(C)(C)CC(C)(CC(=O)CCC(=O)O[C@H](CC(=O)O)C[N+](C)(C)C)C1.CC1(C)CC(C)(C)CC(C)(CC(=O)CCC(=O)O[C@H](CC(=O)OCc2ccccc2)C[N+](C)(C)C)C1.CC1(C)CC(C)(C)CC(C)(N)C1.C[N+](C)(C)C[C@@H](CC(=O)OCc1ccccc1)OC(=O)CCC(=O)O.C[N+](C)(C)C[C@H](O)CC(=O)OCc1ccccc1.O=C1CCC(=O)O1.[Br-].[Br-].[Br-].[Br-]. The highest BCUT2D eigenvalue weighted by Gasteiger charge is 2.48. The highest BCUT2D eigenvalue weighted by atomic mass is 79.9. The first kappa shape index (κ1) is 129. The molecule has 5 N–H and O–H groups in total. The third kappa shape index (κ3) is 64.3. The summed E-state index contributed by atoms with van der Waals surface area (Å²) < 4.78 is 38.3. The van der Waals surface area contributed by atoms with Crippen molar-refractivity contribution in [3.63, 3.8) is 0 Å². The molecule has 0 aromatic heterocycles. The molecule has 0 amide bonds. The Bertz CT molecular complexity index is 3930. The topological polar surface area (TPSA) is 356 Å². The van der Waals surface area contributed by atoms with Gasteiger partial charge in [-0.15, -0.1) is 0 Å². The van der Waals surface area contributed by atoms with E-state index in [1.54, 1.807) is 0 Å². The molecule has 31 heteroatoms. The Morgan fingerprint density at radius 1 is 0.344 bits per heavy atom. The van der Waals surface area contributed by atoms with Crippen molar-refractivity contribution in [2.24, 2.45) is 49.1 Å². The molecule has 27 nitrogen and oxygen atoms in total. The van der Waals surface area contributed by atoms with E-state index in [4.69, 9.17) is 44.4 Å². The van der Waals surface area contributed by atoms with Gasteiger partial charge < -0.3 is 140 Å². The second kappa shape index (κ2) is 56.9. The van der Waals surface area contributed by atoms with Gasteiger partial charge in [0.15, 0.2) is 18.3 Å². The second-order valence-electron chi connectivity index (χ2n) is 46.1. The van der Waals surface area contributed by atoms with Gasteiger partial charge in [-0.2, -0.15) is 0 Å². The number of quaternary nitrogens is 4. The first-order chi connectivity index (χ1) is 57.8. The number of benzene rings is 3. The number of rotatable bonds is 38. The number of aliphatic carboxylic acids is 2. The Kier molecular flexibility index (Phi) is 55.9. The van der Waals surface area contributed by atoms with Crippen molar-refractivity contribution in [1.29, 1.82) is 0 Å². The summed E-state index contributed by atoms with van der Waals surface area (Å²) >= 11 is 0. The molecule has 750 valence electrons. The van der Waals surface area contributed by atoms with Crippen molar-refractivity contribution in [2.75, 3.05) is 111 Å². The molecule has 7 rings (SSSR count). The lowest BCUT2D eigenvalue weighted by Crippen LogP contribution is -3.00. The van der Waals surface area contributed by atoms with Crippen LogP contribution in [0.3, 0.4) is 0 Å². The summed E-state index contributed by atoms with van der Waals surface area (Å²) in [6, 6.07) is 28.3. The molecular weight excluding hydrogens is 1940 g/mol. The van der Waals surface area contributed by atoms with Gasteiger partial charge in [0.1, 0.15) is 63.7 Å². The van der Waals surface area contributed by atoms with E-state index in [0.717, 1.165) is 68.1 Å². The van der Waals surface area contributed by atoms with Crippen LogP contribution in [0.5, 0.6) is 0 Å². The Hall–Kier alpha value is -6.42. The first-order valence-corrected chi connectivity index (χ1v) is 44.9. The third-order valence-electron chi connectivity index (χ3n) is 21.3. The van der Waals surface area contributed by atoms with E-state index in [1.807, 2.05) is 176 Å². The zero-order valence-electron chi connectivity index (χ0n) is 84.2. The number of carboxylic acids is 2. The summed E-state index contributed by atoms with van der Waals surface area (Å²) in [5.74, 6) is -5.46. The van der Waals surface area contributed by atoms with Crippen LogP contribution in [0.2, 0.25) is 0 Å². The fraction of sp³-hybridized carbons (Fsp3) is 0.700. The van der Waals surface area contributed by atoms with Gasteiger partial charge in [0.25, 0.3) is 0 Å². The number of ether oxygens (including phenoxy) is 7. The highest BCUT2D eigenvalue weighted by Crippen LogP contribution is 2.57. The van der Waals surface area contributed by atoms with Gasteiger partial charge in [-0.25, -0.2) is 0 Å². The summed E-state index contributed by atoms with van der Waals surface area (Å²) in [5.41, 5.74) is 10.5. The van der Waals surface area contributed by atoms with Crippen molar-refractivity contribution in [3.8, 4) is 0 Å². The number of nitrogens with zero attached hydrogens (tertiary/aromatic N) is 4. The molecule has 1 heterocycles. The van der Waals surface area contributed by atoms with Gasteiger partial charge in [0.05, 0.1) is 149 Å². The number of esters is 8. The molecule has 0 spiro atoms. The van der Waals surface area contributed by atoms with Crippen molar-refractivity contribution in [3.05, 3.63) is 108 Å². The molecular formula is C100H165Br4N5O22. The maximum atomic E-state index is 12.9. The number of aliphatic hydroxyl groups excluding tert-OH is 1. The quantitative estimate of drug-likeness (QED) is 0.0276. The van der Waals surface area contributed by atoms with Crippen LogP contribution in [0.4, 0.5) is 0 Å². The molecule has 4 aliphatic rings. The average Bonchev–Trinajstić information content (AvgIpc) is 1.67. The number of likely N-dealkylation sites (N-methyl/N-ethyl adjacent to an activating group) is 4. The monoisotopic (exact) mass is 2100 g/mol. The van der Waals surface area contributed by atoms with E-state index < -0.39 is 78.1 Å². The number of Topliss-reactive ketones (excluding diaryl/α,β-unsaturated/α-hetero) is 2. The molecule has 3 aromatic rings. The maximum Gasteiger partial charge on any atom is 0.314 e. The number of halogens is 4. The minimum absolute atomic E-state index is 0. The number of ketones is 2. The first-order valence-electron chi connectivity index (χ1n) is 44.9. The van der Waals surface area contributed by atoms with Gasteiger partial charge in [-0.05, 0) is 125 Å². The zero-order valence-corrected chi connectivity index (χ0v) is 90.5. The number of carboxylic acid groups (broad SMARTS) is 2. The molecule has 3 aromatic carbocycles. The van der Waals surface area contributed by atoms with E-state index >= 15 is 0 Å². The van der Waals surface area contributed by atoms with Crippen molar-refractivity contribution >= 4 is 71.3 Å². The molecule has 0 bridgehead atoms. The smallest absolute Gasteiger partial charge is 0.314 e. The normalized spacial score (nSPS) is 18.1. The van der Waals surface area contributed by atoms with Crippen LogP contribution in [0, 0.1) is 43.3 Å². The summed E-state index contributed by atoms with van der Waals surface area (Å²) in [6.07, 6.45) is 8.41. The van der Waals surface area contributed by atoms with Crippen LogP contribution < -0.4 is 73.7 Å². The van der Waals surface area contributed by atoms with E-state index in [0.29, 0.717) is 67.8 Å². The van der Waals surface area contributed by atoms with Crippen LogP contribution in [0.1, 0.15) is 268 Å². The number of hydrogen-bond donors (Lipinski definition) is 4. The van der Waals surface area contributed by atoms with E-state index in [1.165, 1.54) is 6.42 Å². The predicted molar refractivity (Wildman–Crippen MR) is 490 cm³/mol. The largest absolute Gasteiger partial charge is 1.00 e. The predicted octanol–water partition coefficient (Wildman–Crippen LogP) is 3.38. The lowest BCUT2D eigenvalue weighted by Gasteiger charge is -2.50. The Labute approximate surface area is 826 Å². The number of carbonyl (C=O) groups is 12. The second-order valence-corrected chi connectivity index (χ2v) is 46.1. The number of hydrogen-bond acceptors (Lipinski definition) is 21. The molecule has 0 unspecified atom stereocenters. The number of carbonyl (C=O) groups excluding carboxylic acids is 10. The third-order valence-corrected chi connectivity index (χ3v) is 21.3. The minimum Gasteiger partial charge on any atom is -1.00 e. The van der Waals surface area contributed by atoms with Crippen LogP contribution in [-0.2, 0) is 111 Å². The summed E-state index contributed by atoms with van der Waals surface area (Å²) in [4.78, 5) is 140. The van der Waals surface area contributed by atoms with Gasteiger partial charge >= 0.3 is 59.7 Å². The molecule has 131 heavy (non-hydrogen) atoms. The van der Waals surface area contributed by atoms with Crippen molar-refractivity contribution < 1.29 is 192 Å². The van der Waals surface area contributed by atoms with Crippen LogP contribution >= 0.6 is 0 Å². The van der Waals surface area contributed by atoms with Crippen molar-refractivity contribution in [1.82, 2.24) is 0 Å². The number of aliphatic hydroxyl groups is 1. The Morgan fingerprint density at radius 3 is 0.832 bits per heavy atom. The standard InChI is InChI=1S/C30H48NO5.C23H41NO5.C18H25NO6.C14H22NO3.C11H23N.C4H4O3.4BrH/c1-28(2)20-29(3,4)22-30(5,21-28)17-24(32)14-15-26(33)36-25(18-31(6,7)8)16-27(34)35-19-23-12-10-9-11-13-23;1-21(2)14-22(3,4)16-23(5,15-21)12-17(25)9-10-20(28)29-18(11-19(26)27)13-24(6,7)8;1-19(2,3)12-15(25-17(22)10-9-16(20)21)11-18(23)24-13-14-7-5-4-6-8-14;1-15(2,3)10-13(16)9-14(17)18-11-12-7-5-4-6-8-12;1-9(2)6-10(3,4)8-11(5,12)7-9;5-3-1-2-4(6)7-3;;;;/h9-13,25H,14-22H2,1-8H3;18H,9-16H2,1-8H3;4-8,15H,9-13H2,1-3H3;4-8,13,16H,9-11H2,1-3H3;6-8,12H2,1-5H3;1-2H2;4*1H/q+1;;;+1;;;;;;/p-2/t25-;18-;15-;13-;;;;;;/m1111....../s1. The molecule has 0 radical (unpaired) electrons. The fourth-order valence-electron chi connectivity index (χ4n) is 20.6. The average molecular weight is 2110 g/mol.